The van der Waals surface area contributed by atoms with Gasteiger partial charge in [0.05, 0.1) is 10.8 Å². The second-order valence-corrected chi connectivity index (χ2v) is 10.1. The van der Waals surface area contributed by atoms with Crippen LogP contribution in [0.2, 0.25) is 0 Å². The zero-order valence-corrected chi connectivity index (χ0v) is 16.6. The Hall–Kier alpha value is -1.40. The fourth-order valence-electron chi connectivity index (χ4n) is 4.50. The first-order valence-corrected chi connectivity index (χ1v) is 11.5. The van der Waals surface area contributed by atoms with Crippen LogP contribution in [0, 0.1) is 11.3 Å². The number of hydrogen-bond donors (Lipinski definition) is 2. The van der Waals surface area contributed by atoms with Crippen molar-refractivity contribution in [2.75, 3.05) is 25.9 Å². The Morgan fingerprint density at radius 3 is 2.50 bits per heavy atom. The van der Waals surface area contributed by atoms with E-state index in [1.54, 1.807) is 12.1 Å². The SMILES string of the molecule is CC(CNC(=O)C1CNCC12CCCCC2)c1ccc(S(C)(=O)=O)cc1. The van der Waals surface area contributed by atoms with E-state index in [1.165, 1.54) is 25.5 Å². The third kappa shape index (κ3) is 4.12. The summed E-state index contributed by atoms with van der Waals surface area (Å²) in [6.07, 6.45) is 7.27. The van der Waals surface area contributed by atoms with Crippen LogP contribution in [0.5, 0.6) is 0 Å². The van der Waals surface area contributed by atoms with Crippen LogP contribution in [0.15, 0.2) is 29.2 Å². The fraction of sp³-hybridized carbons (Fsp3) is 0.650. The summed E-state index contributed by atoms with van der Waals surface area (Å²) >= 11 is 0. The maximum Gasteiger partial charge on any atom is 0.225 e. The van der Waals surface area contributed by atoms with Gasteiger partial charge < -0.3 is 10.6 Å². The normalized spacial score (nSPS) is 23.7. The minimum Gasteiger partial charge on any atom is -0.355 e. The van der Waals surface area contributed by atoms with Crippen LogP contribution in [0.1, 0.15) is 50.5 Å². The van der Waals surface area contributed by atoms with E-state index in [1.807, 2.05) is 12.1 Å². The summed E-state index contributed by atoms with van der Waals surface area (Å²) in [5.74, 6) is 0.378. The van der Waals surface area contributed by atoms with Crippen LogP contribution in [0.25, 0.3) is 0 Å². The highest BCUT2D eigenvalue weighted by atomic mass is 32.2. The Labute approximate surface area is 156 Å². The summed E-state index contributed by atoms with van der Waals surface area (Å²) < 4.78 is 23.1. The predicted octanol–water partition coefficient (Wildman–Crippen LogP) is 2.48. The molecule has 3 rings (SSSR count). The van der Waals surface area contributed by atoms with Gasteiger partial charge in [0, 0.05) is 25.9 Å². The molecule has 1 aliphatic carbocycles. The monoisotopic (exact) mass is 378 g/mol. The van der Waals surface area contributed by atoms with E-state index >= 15 is 0 Å². The lowest BCUT2D eigenvalue weighted by atomic mass is 9.67. The minimum atomic E-state index is -3.17. The zero-order valence-electron chi connectivity index (χ0n) is 15.8. The van der Waals surface area contributed by atoms with Gasteiger partial charge in [0.25, 0.3) is 0 Å². The van der Waals surface area contributed by atoms with Gasteiger partial charge in [-0.1, -0.05) is 38.3 Å². The molecule has 1 aliphatic heterocycles. The average molecular weight is 379 g/mol. The molecule has 5 nitrogen and oxygen atoms in total. The largest absolute Gasteiger partial charge is 0.355 e. The summed E-state index contributed by atoms with van der Waals surface area (Å²) in [6.45, 7) is 4.37. The van der Waals surface area contributed by atoms with Gasteiger partial charge in [-0.25, -0.2) is 8.42 Å². The number of carbonyl (C=O) groups excluding carboxylic acids is 1. The third-order valence-corrected chi connectivity index (χ3v) is 7.32. The number of nitrogens with one attached hydrogen (secondary N) is 2. The molecule has 1 heterocycles. The number of amides is 1. The molecule has 1 aromatic carbocycles. The smallest absolute Gasteiger partial charge is 0.225 e. The second kappa shape index (κ2) is 7.69. The maximum atomic E-state index is 12.8. The summed E-state index contributed by atoms with van der Waals surface area (Å²) in [4.78, 5) is 13.1. The van der Waals surface area contributed by atoms with E-state index < -0.39 is 9.84 Å². The van der Waals surface area contributed by atoms with Crippen molar-refractivity contribution in [1.29, 1.82) is 0 Å². The quantitative estimate of drug-likeness (QED) is 0.825. The Morgan fingerprint density at radius 1 is 1.23 bits per heavy atom. The third-order valence-electron chi connectivity index (χ3n) is 6.19. The number of rotatable bonds is 5. The molecule has 0 radical (unpaired) electrons. The van der Waals surface area contributed by atoms with Gasteiger partial charge in [0.15, 0.2) is 9.84 Å². The van der Waals surface area contributed by atoms with Crippen molar-refractivity contribution in [3.8, 4) is 0 Å². The maximum absolute atomic E-state index is 12.8. The molecule has 2 aliphatic rings. The second-order valence-electron chi connectivity index (χ2n) is 8.09. The Kier molecular flexibility index (Phi) is 5.72. The molecule has 0 aromatic heterocycles. The van der Waals surface area contributed by atoms with E-state index in [0.29, 0.717) is 11.4 Å². The van der Waals surface area contributed by atoms with Crippen LogP contribution >= 0.6 is 0 Å². The molecule has 144 valence electrons. The number of carbonyl (C=O) groups is 1. The van der Waals surface area contributed by atoms with E-state index in [0.717, 1.165) is 31.5 Å². The van der Waals surface area contributed by atoms with Gasteiger partial charge >= 0.3 is 0 Å². The van der Waals surface area contributed by atoms with Crippen LogP contribution < -0.4 is 10.6 Å². The van der Waals surface area contributed by atoms with E-state index in [-0.39, 0.29) is 23.2 Å². The van der Waals surface area contributed by atoms with Crippen molar-refractivity contribution in [3.05, 3.63) is 29.8 Å². The van der Waals surface area contributed by atoms with Gasteiger partial charge in [-0.2, -0.15) is 0 Å². The number of hydrogen-bond acceptors (Lipinski definition) is 4. The Morgan fingerprint density at radius 2 is 1.88 bits per heavy atom. The van der Waals surface area contributed by atoms with Gasteiger partial charge in [0.2, 0.25) is 5.91 Å². The van der Waals surface area contributed by atoms with E-state index in [9.17, 15) is 13.2 Å². The van der Waals surface area contributed by atoms with Crippen LogP contribution in [-0.2, 0) is 14.6 Å². The number of benzene rings is 1. The Balaban J connectivity index is 1.58. The molecular formula is C20H30N2O3S. The van der Waals surface area contributed by atoms with Crippen LogP contribution in [0.3, 0.4) is 0 Å². The van der Waals surface area contributed by atoms with Crippen molar-refractivity contribution < 1.29 is 13.2 Å². The minimum absolute atomic E-state index is 0.0719. The molecule has 0 bridgehead atoms. The first kappa shape index (κ1) is 19.4. The molecule has 2 fully saturated rings. The summed E-state index contributed by atoms with van der Waals surface area (Å²) in [6, 6.07) is 6.96. The van der Waals surface area contributed by atoms with Gasteiger partial charge in [0.1, 0.15) is 0 Å². The standard InChI is InChI=1S/C20H30N2O3S/c1-15(16-6-8-17(9-7-16)26(2,24)25)12-22-19(23)18-13-21-14-20(18)10-4-3-5-11-20/h6-9,15,18,21H,3-5,10-14H2,1-2H3,(H,22,23). The topological polar surface area (TPSA) is 75.3 Å². The van der Waals surface area contributed by atoms with Crippen molar-refractivity contribution in [1.82, 2.24) is 10.6 Å². The molecule has 26 heavy (non-hydrogen) atoms. The fourth-order valence-corrected chi connectivity index (χ4v) is 5.13. The van der Waals surface area contributed by atoms with Crippen LogP contribution in [0.4, 0.5) is 0 Å². The molecule has 2 atom stereocenters. The van der Waals surface area contributed by atoms with Crippen molar-refractivity contribution >= 4 is 15.7 Å². The van der Waals surface area contributed by atoms with E-state index in [2.05, 4.69) is 17.6 Å². The number of sulfone groups is 1. The molecule has 1 aromatic rings. The lowest BCUT2D eigenvalue weighted by Crippen LogP contribution is -2.43. The predicted molar refractivity (Wildman–Crippen MR) is 103 cm³/mol. The van der Waals surface area contributed by atoms with Gasteiger partial charge in [-0.15, -0.1) is 0 Å². The first-order chi connectivity index (χ1) is 12.3. The molecule has 1 saturated carbocycles. The van der Waals surface area contributed by atoms with E-state index in [4.69, 9.17) is 0 Å². The summed E-state index contributed by atoms with van der Waals surface area (Å²) in [5, 5.41) is 6.58. The van der Waals surface area contributed by atoms with Crippen molar-refractivity contribution in [2.24, 2.45) is 11.3 Å². The highest BCUT2D eigenvalue weighted by molar-refractivity contribution is 7.90. The molecule has 1 spiro atoms. The molecule has 2 N–H and O–H groups in total. The Bertz CT molecular complexity index is 737. The highest BCUT2D eigenvalue weighted by Crippen LogP contribution is 2.44. The average Bonchev–Trinajstić information content (AvgIpc) is 3.02. The van der Waals surface area contributed by atoms with Gasteiger partial charge in [-0.05, 0) is 41.9 Å². The van der Waals surface area contributed by atoms with Crippen LogP contribution in [-0.4, -0.2) is 40.2 Å². The molecular weight excluding hydrogens is 348 g/mol. The summed E-state index contributed by atoms with van der Waals surface area (Å²) in [7, 11) is -3.17. The summed E-state index contributed by atoms with van der Waals surface area (Å²) in [5.41, 5.74) is 1.19. The lowest BCUT2D eigenvalue weighted by molar-refractivity contribution is -0.128. The first-order valence-electron chi connectivity index (χ1n) is 9.60. The van der Waals surface area contributed by atoms with Crippen molar-refractivity contribution in [2.45, 2.75) is 49.8 Å². The molecule has 6 heteroatoms. The molecule has 1 amide bonds. The molecule has 2 unspecified atom stereocenters. The molecule has 1 saturated heterocycles. The lowest BCUT2D eigenvalue weighted by Gasteiger charge is -2.37. The highest BCUT2D eigenvalue weighted by Gasteiger charge is 2.46. The van der Waals surface area contributed by atoms with Crippen molar-refractivity contribution in [3.63, 3.8) is 0 Å². The van der Waals surface area contributed by atoms with Gasteiger partial charge in [-0.3, -0.25) is 4.79 Å². The zero-order chi connectivity index (χ0) is 18.8.